The van der Waals surface area contributed by atoms with Gasteiger partial charge in [0.15, 0.2) is 0 Å². The first kappa shape index (κ1) is 17.4. The van der Waals surface area contributed by atoms with E-state index in [2.05, 4.69) is 20.6 Å². The van der Waals surface area contributed by atoms with Gasteiger partial charge in [0.1, 0.15) is 5.00 Å². The van der Waals surface area contributed by atoms with Crippen LogP contribution >= 0.6 is 11.3 Å². The molecular weight excluding hydrogens is 360 g/mol. The van der Waals surface area contributed by atoms with Crippen LogP contribution in [0.3, 0.4) is 0 Å². The molecule has 3 aromatic heterocycles. The molecule has 1 aliphatic rings. The van der Waals surface area contributed by atoms with E-state index in [1.165, 1.54) is 22.4 Å². The number of aromatic nitrogens is 2. The highest BCUT2D eigenvalue weighted by Crippen LogP contribution is 2.39. The second-order valence-corrected chi connectivity index (χ2v) is 7.37. The van der Waals surface area contributed by atoms with Crippen LogP contribution in [0.4, 0.5) is 5.00 Å². The summed E-state index contributed by atoms with van der Waals surface area (Å²) < 4.78 is 0. The topological polar surface area (TPSA) is 84.0 Å². The summed E-state index contributed by atoms with van der Waals surface area (Å²) in [5, 5.41) is 6.43. The molecule has 2 N–H and O–H groups in total. The minimum atomic E-state index is -0.262. The van der Waals surface area contributed by atoms with Crippen molar-refractivity contribution in [1.82, 2.24) is 15.3 Å². The predicted octanol–water partition coefficient (Wildman–Crippen LogP) is 3.21. The van der Waals surface area contributed by atoms with Gasteiger partial charge in [-0.05, 0) is 49.1 Å². The second-order valence-electron chi connectivity index (χ2n) is 6.26. The second kappa shape index (κ2) is 7.67. The lowest BCUT2D eigenvalue weighted by Gasteiger charge is -2.09. The van der Waals surface area contributed by atoms with E-state index < -0.39 is 0 Å². The Morgan fingerprint density at radius 3 is 2.78 bits per heavy atom. The number of nitrogens with one attached hydrogen (secondary N) is 2. The maximum absolute atomic E-state index is 12.9. The lowest BCUT2D eigenvalue weighted by molar-refractivity contribution is 0.0951. The van der Waals surface area contributed by atoms with Crippen LogP contribution in [0.5, 0.6) is 0 Å². The highest BCUT2D eigenvalue weighted by atomic mass is 32.1. The highest BCUT2D eigenvalue weighted by molar-refractivity contribution is 7.17. The molecule has 0 bridgehead atoms. The molecule has 3 aromatic rings. The molecule has 4 rings (SSSR count). The molecule has 0 atom stereocenters. The summed E-state index contributed by atoms with van der Waals surface area (Å²) in [6.07, 6.45) is 7.68. The fourth-order valence-corrected chi connectivity index (χ4v) is 4.45. The lowest BCUT2D eigenvalue weighted by Crippen LogP contribution is -2.25. The van der Waals surface area contributed by atoms with Gasteiger partial charge in [-0.25, -0.2) is 0 Å². The summed E-state index contributed by atoms with van der Waals surface area (Å²) in [5.41, 5.74) is 2.89. The van der Waals surface area contributed by atoms with Crippen LogP contribution in [0.15, 0.2) is 48.9 Å². The summed E-state index contributed by atoms with van der Waals surface area (Å²) in [7, 11) is 0. The molecule has 6 nitrogen and oxygen atoms in total. The van der Waals surface area contributed by atoms with E-state index in [1.807, 2.05) is 18.2 Å². The Labute approximate surface area is 160 Å². The van der Waals surface area contributed by atoms with Crippen molar-refractivity contribution in [3.05, 3.63) is 76.2 Å². The number of anilines is 1. The van der Waals surface area contributed by atoms with Gasteiger partial charge in [0, 0.05) is 23.5 Å². The van der Waals surface area contributed by atoms with E-state index in [4.69, 9.17) is 0 Å². The number of carbonyl (C=O) groups excluding carboxylic acids is 2. The summed E-state index contributed by atoms with van der Waals surface area (Å²) in [6.45, 7) is 0.348. The van der Waals surface area contributed by atoms with Crippen LogP contribution in [0.1, 0.15) is 43.3 Å². The van der Waals surface area contributed by atoms with Crippen molar-refractivity contribution in [1.29, 1.82) is 0 Å². The zero-order chi connectivity index (χ0) is 18.6. The average molecular weight is 378 g/mol. The standard InChI is InChI=1S/C20H18N4O2S/c25-18(13-5-4-9-21-11-13)24-20-17(15-7-3-8-16(15)27-20)19(26)23-12-14-6-1-2-10-22-14/h1-2,4-6,9-11H,3,7-8,12H2,(H,23,26)(H,24,25). The van der Waals surface area contributed by atoms with E-state index >= 15 is 0 Å². The number of amides is 2. The summed E-state index contributed by atoms with van der Waals surface area (Å²) in [6, 6.07) is 9.00. The first-order valence-corrected chi connectivity index (χ1v) is 9.58. The molecule has 3 heterocycles. The number of fused-ring (bicyclic) bond motifs is 1. The molecule has 136 valence electrons. The number of thiophene rings is 1. The number of aryl methyl sites for hydroxylation is 1. The molecule has 2 amide bonds. The van der Waals surface area contributed by atoms with E-state index in [0.717, 1.165) is 30.5 Å². The number of hydrogen-bond donors (Lipinski definition) is 2. The molecule has 27 heavy (non-hydrogen) atoms. The van der Waals surface area contributed by atoms with Gasteiger partial charge in [-0.15, -0.1) is 11.3 Å². The largest absolute Gasteiger partial charge is 0.346 e. The first-order valence-electron chi connectivity index (χ1n) is 8.76. The van der Waals surface area contributed by atoms with Crippen LogP contribution in [0.25, 0.3) is 0 Å². The molecule has 0 saturated heterocycles. The molecule has 0 aromatic carbocycles. The van der Waals surface area contributed by atoms with Gasteiger partial charge in [-0.1, -0.05) is 6.07 Å². The summed E-state index contributed by atoms with van der Waals surface area (Å²) >= 11 is 1.49. The van der Waals surface area contributed by atoms with Crippen LogP contribution in [-0.4, -0.2) is 21.8 Å². The van der Waals surface area contributed by atoms with Crippen molar-refractivity contribution < 1.29 is 9.59 Å². The summed E-state index contributed by atoms with van der Waals surface area (Å²) in [4.78, 5) is 34.8. The third-order valence-corrected chi connectivity index (χ3v) is 5.66. The number of nitrogens with zero attached hydrogens (tertiary/aromatic N) is 2. The van der Waals surface area contributed by atoms with Gasteiger partial charge in [0.05, 0.1) is 23.4 Å². The van der Waals surface area contributed by atoms with E-state index in [9.17, 15) is 9.59 Å². The molecule has 0 radical (unpaired) electrons. The van der Waals surface area contributed by atoms with E-state index in [-0.39, 0.29) is 11.8 Å². The minimum Gasteiger partial charge on any atom is -0.346 e. The Bertz CT molecular complexity index is 970. The van der Waals surface area contributed by atoms with Gasteiger partial charge < -0.3 is 10.6 Å². The number of rotatable bonds is 5. The Kier molecular flexibility index (Phi) is 4.93. The Morgan fingerprint density at radius 1 is 1.07 bits per heavy atom. The quantitative estimate of drug-likeness (QED) is 0.714. The fraction of sp³-hybridized carbons (Fsp3) is 0.200. The average Bonchev–Trinajstić information content (AvgIpc) is 3.28. The van der Waals surface area contributed by atoms with E-state index in [0.29, 0.717) is 22.7 Å². The highest BCUT2D eigenvalue weighted by Gasteiger charge is 2.27. The van der Waals surface area contributed by atoms with Gasteiger partial charge in [-0.3, -0.25) is 19.6 Å². The molecule has 0 unspecified atom stereocenters. The van der Waals surface area contributed by atoms with Gasteiger partial charge in [-0.2, -0.15) is 0 Å². The molecule has 0 aliphatic heterocycles. The molecule has 0 saturated carbocycles. The van der Waals surface area contributed by atoms with Crippen LogP contribution < -0.4 is 10.6 Å². The Hall–Kier alpha value is -3.06. The minimum absolute atomic E-state index is 0.179. The molecule has 0 fully saturated rings. The van der Waals surface area contributed by atoms with Crippen LogP contribution in [0.2, 0.25) is 0 Å². The van der Waals surface area contributed by atoms with Crippen molar-refractivity contribution in [2.45, 2.75) is 25.8 Å². The zero-order valence-electron chi connectivity index (χ0n) is 14.6. The first-order chi connectivity index (χ1) is 13.2. The lowest BCUT2D eigenvalue weighted by atomic mass is 10.1. The third-order valence-electron chi connectivity index (χ3n) is 4.46. The fourth-order valence-electron chi connectivity index (χ4n) is 3.17. The molecule has 0 spiro atoms. The Balaban J connectivity index is 1.56. The maximum Gasteiger partial charge on any atom is 0.257 e. The summed E-state index contributed by atoms with van der Waals surface area (Å²) in [5.74, 6) is -0.441. The van der Waals surface area contributed by atoms with Crippen molar-refractivity contribution in [3.8, 4) is 0 Å². The smallest absolute Gasteiger partial charge is 0.257 e. The maximum atomic E-state index is 12.9. The van der Waals surface area contributed by atoms with Crippen molar-refractivity contribution in [2.75, 3.05) is 5.32 Å². The molecule has 7 heteroatoms. The van der Waals surface area contributed by atoms with Crippen molar-refractivity contribution >= 4 is 28.2 Å². The van der Waals surface area contributed by atoms with Crippen molar-refractivity contribution in [2.24, 2.45) is 0 Å². The Morgan fingerprint density at radius 2 is 2.00 bits per heavy atom. The van der Waals surface area contributed by atoms with Gasteiger partial charge >= 0.3 is 0 Å². The van der Waals surface area contributed by atoms with Gasteiger partial charge in [0.2, 0.25) is 0 Å². The third kappa shape index (κ3) is 3.73. The van der Waals surface area contributed by atoms with Crippen LogP contribution in [-0.2, 0) is 19.4 Å². The normalized spacial score (nSPS) is 12.4. The van der Waals surface area contributed by atoms with Crippen LogP contribution in [0, 0.1) is 0 Å². The molecular formula is C20H18N4O2S. The molecule has 1 aliphatic carbocycles. The number of carbonyl (C=O) groups is 2. The zero-order valence-corrected chi connectivity index (χ0v) is 15.4. The van der Waals surface area contributed by atoms with Crippen molar-refractivity contribution in [3.63, 3.8) is 0 Å². The monoisotopic (exact) mass is 378 g/mol. The van der Waals surface area contributed by atoms with E-state index in [1.54, 1.807) is 24.5 Å². The number of pyridine rings is 2. The van der Waals surface area contributed by atoms with Gasteiger partial charge in [0.25, 0.3) is 11.8 Å². The SMILES string of the molecule is O=C(Nc1sc2c(c1C(=O)NCc1ccccn1)CCC2)c1cccnc1. The number of hydrogen-bond acceptors (Lipinski definition) is 5. The predicted molar refractivity (Wildman–Crippen MR) is 104 cm³/mol.